The topological polar surface area (TPSA) is 100 Å². The third-order valence-corrected chi connectivity index (χ3v) is 2.84. The maximum Gasteiger partial charge on any atom is 0.277 e. The Bertz CT molecular complexity index is 725. The molecule has 7 heteroatoms. The van der Waals surface area contributed by atoms with Crippen LogP contribution in [0.3, 0.4) is 0 Å². The fraction of sp³-hybridized carbons (Fsp3) is 0.118. The average molecular weight is 327 g/mol. The van der Waals surface area contributed by atoms with E-state index in [9.17, 15) is 9.59 Å². The molecule has 2 aromatic rings. The normalized spacial score (nSPS) is 10.4. The van der Waals surface area contributed by atoms with Gasteiger partial charge in [-0.15, -0.1) is 0 Å². The predicted molar refractivity (Wildman–Crippen MR) is 90.1 cm³/mol. The highest BCUT2D eigenvalue weighted by Crippen LogP contribution is 2.15. The SMILES string of the molecule is CC(=O)Nc1ccc(OCC(=O)N/N=C/c2ccc(O)cc2)cc1. The number of hydrazone groups is 1. The number of carbonyl (C=O) groups excluding carboxylic acids is 2. The molecule has 0 aromatic heterocycles. The molecule has 2 amide bonds. The van der Waals surface area contributed by atoms with E-state index in [0.29, 0.717) is 11.4 Å². The van der Waals surface area contributed by atoms with Crippen LogP contribution >= 0.6 is 0 Å². The van der Waals surface area contributed by atoms with Crippen molar-refractivity contribution in [3.8, 4) is 11.5 Å². The quantitative estimate of drug-likeness (QED) is 0.557. The number of hydrogen-bond donors (Lipinski definition) is 3. The van der Waals surface area contributed by atoms with Crippen molar-refractivity contribution >= 4 is 23.7 Å². The zero-order valence-corrected chi connectivity index (χ0v) is 13.0. The van der Waals surface area contributed by atoms with Crippen molar-refractivity contribution in [2.45, 2.75) is 6.92 Å². The average Bonchev–Trinajstić information content (AvgIpc) is 2.55. The van der Waals surface area contributed by atoms with E-state index in [2.05, 4.69) is 15.8 Å². The number of rotatable bonds is 6. The van der Waals surface area contributed by atoms with Crippen molar-refractivity contribution in [3.63, 3.8) is 0 Å². The van der Waals surface area contributed by atoms with Gasteiger partial charge in [0, 0.05) is 12.6 Å². The first-order valence-electron chi connectivity index (χ1n) is 7.14. The van der Waals surface area contributed by atoms with Crippen LogP contribution in [0.4, 0.5) is 5.69 Å². The van der Waals surface area contributed by atoms with Gasteiger partial charge in [0.15, 0.2) is 6.61 Å². The van der Waals surface area contributed by atoms with Crippen LogP contribution in [0.15, 0.2) is 53.6 Å². The lowest BCUT2D eigenvalue weighted by Gasteiger charge is -2.06. The lowest BCUT2D eigenvalue weighted by atomic mass is 10.2. The summed E-state index contributed by atoms with van der Waals surface area (Å²) in [5.41, 5.74) is 3.73. The maximum atomic E-state index is 11.6. The van der Waals surface area contributed by atoms with Gasteiger partial charge in [-0.05, 0) is 54.1 Å². The van der Waals surface area contributed by atoms with E-state index in [0.717, 1.165) is 5.56 Å². The summed E-state index contributed by atoms with van der Waals surface area (Å²) in [5, 5.41) is 15.6. The molecule has 0 bridgehead atoms. The second-order valence-corrected chi connectivity index (χ2v) is 4.88. The molecule has 0 saturated heterocycles. The Balaban J connectivity index is 1.76. The third-order valence-electron chi connectivity index (χ3n) is 2.84. The van der Waals surface area contributed by atoms with Crippen LogP contribution in [0, 0.1) is 0 Å². The van der Waals surface area contributed by atoms with Crippen LogP contribution in [0.2, 0.25) is 0 Å². The van der Waals surface area contributed by atoms with Crippen molar-refractivity contribution in [1.82, 2.24) is 5.43 Å². The lowest BCUT2D eigenvalue weighted by molar-refractivity contribution is -0.123. The molecular formula is C17H17N3O4. The number of hydrogen-bond acceptors (Lipinski definition) is 5. The first kappa shape index (κ1) is 17.0. The highest BCUT2D eigenvalue weighted by Gasteiger charge is 2.02. The second-order valence-electron chi connectivity index (χ2n) is 4.88. The predicted octanol–water partition coefficient (Wildman–Crippen LogP) is 1.88. The zero-order valence-electron chi connectivity index (χ0n) is 13.0. The van der Waals surface area contributed by atoms with Gasteiger partial charge in [0.05, 0.1) is 6.21 Å². The fourth-order valence-electron chi connectivity index (χ4n) is 1.76. The Hall–Kier alpha value is -3.35. The molecule has 3 N–H and O–H groups in total. The van der Waals surface area contributed by atoms with Crippen molar-refractivity contribution in [2.75, 3.05) is 11.9 Å². The number of nitrogens with zero attached hydrogens (tertiary/aromatic N) is 1. The monoisotopic (exact) mass is 327 g/mol. The standard InChI is InChI=1S/C17H17N3O4/c1-12(21)19-14-4-8-16(9-5-14)24-11-17(23)20-18-10-13-2-6-15(22)7-3-13/h2-10,22H,11H2,1H3,(H,19,21)(H,20,23)/b18-10+. The fourth-order valence-corrected chi connectivity index (χ4v) is 1.76. The number of amides is 2. The Morgan fingerprint density at radius 2 is 1.79 bits per heavy atom. The summed E-state index contributed by atoms with van der Waals surface area (Å²) in [5.74, 6) is 0.0985. The van der Waals surface area contributed by atoms with Gasteiger partial charge < -0.3 is 15.2 Å². The van der Waals surface area contributed by atoms with Crippen molar-refractivity contribution in [2.24, 2.45) is 5.10 Å². The Kier molecular flexibility index (Phi) is 5.90. The molecule has 2 rings (SSSR count). The number of aromatic hydroxyl groups is 1. The zero-order chi connectivity index (χ0) is 17.4. The third kappa shape index (κ3) is 5.80. The van der Waals surface area contributed by atoms with E-state index in [1.165, 1.54) is 25.3 Å². The summed E-state index contributed by atoms with van der Waals surface area (Å²) in [6, 6.07) is 13.0. The summed E-state index contributed by atoms with van der Waals surface area (Å²) in [4.78, 5) is 22.5. The molecule has 0 fully saturated rings. The molecule has 2 aromatic carbocycles. The van der Waals surface area contributed by atoms with E-state index in [1.807, 2.05) is 0 Å². The number of carbonyl (C=O) groups is 2. The van der Waals surface area contributed by atoms with Crippen LogP contribution < -0.4 is 15.5 Å². The molecule has 0 aliphatic carbocycles. The van der Waals surface area contributed by atoms with Gasteiger partial charge in [0.1, 0.15) is 11.5 Å². The van der Waals surface area contributed by atoms with Gasteiger partial charge in [0.25, 0.3) is 5.91 Å². The number of nitrogens with one attached hydrogen (secondary N) is 2. The molecular weight excluding hydrogens is 310 g/mol. The molecule has 0 unspecified atom stereocenters. The lowest BCUT2D eigenvalue weighted by Crippen LogP contribution is -2.24. The molecule has 124 valence electrons. The highest BCUT2D eigenvalue weighted by molar-refractivity contribution is 5.88. The first-order valence-corrected chi connectivity index (χ1v) is 7.14. The van der Waals surface area contributed by atoms with Crippen molar-refractivity contribution < 1.29 is 19.4 Å². The van der Waals surface area contributed by atoms with Gasteiger partial charge in [-0.25, -0.2) is 5.43 Å². The van der Waals surface area contributed by atoms with Gasteiger partial charge in [-0.1, -0.05) is 0 Å². The number of phenolic OH excluding ortho intramolecular Hbond substituents is 1. The van der Waals surface area contributed by atoms with Gasteiger partial charge in [0.2, 0.25) is 5.91 Å². The number of anilines is 1. The molecule has 0 heterocycles. The highest BCUT2D eigenvalue weighted by atomic mass is 16.5. The van der Waals surface area contributed by atoms with E-state index in [4.69, 9.17) is 9.84 Å². The van der Waals surface area contributed by atoms with Crippen LogP contribution in [0.1, 0.15) is 12.5 Å². The Morgan fingerprint density at radius 1 is 1.12 bits per heavy atom. The summed E-state index contributed by atoms with van der Waals surface area (Å²) in [6.45, 7) is 1.24. The summed E-state index contributed by atoms with van der Waals surface area (Å²) in [7, 11) is 0. The summed E-state index contributed by atoms with van der Waals surface area (Å²) in [6.07, 6.45) is 1.46. The van der Waals surface area contributed by atoms with E-state index in [-0.39, 0.29) is 18.3 Å². The van der Waals surface area contributed by atoms with E-state index < -0.39 is 5.91 Å². The molecule has 24 heavy (non-hydrogen) atoms. The van der Waals surface area contributed by atoms with Crippen molar-refractivity contribution in [1.29, 1.82) is 0 Å². The number of ether oxygens (including phenoxy) is 1. The minimum atomic E-state index is -0.407. The number of phenols is 1. The van der Waals surface area contributed by atoms with Gasteiger partial charge in [-0.2, -0.15) is 5.10 Å². The molecule has 0 aliphatic rings. The number of benzene rings is 2. The molecule has 0 aliphatic heterocycles. The minimum absolute atomic E-state index is 0.158. The molecule has 0 saturated carbocycles. The largest absolute Gasteiger partial charge is 0.508 e. The molecule has 0 radical (unpaired) electrons. The first-order chi connectivity index (χ1) is 11.5. The van der Waals surface area contributed by atoms with Gasteiger partial charge >= 0.3 is 0 Å². The van der Waals surface area contributed by atoms with E-state index >= 15 is 0 Å². The van der Waals surface area contributed by atoms with Crippen molar-refractivity contribution in [3.05, 3.63) is 54.1 Å². The molecule has 7 nitrogen and oxygen atoms in total. The summed E-state index contributed by atoms with van der Waals surface area (Å²) >= 11 is 0. The summed E-state index contributed by atoms with van der Waals surface area (Å²) < 4.78 is 5.31. The van der Waals surface area contributed by atoms with Crippen LogP contribution in [-0.2, 0) is 9.59 Å². The minimum Gasteiger partial charge on any atom is -0.508 e. The second kappa shape index (κ2) is 8.33. The molecule has 0 spiro atoms. The van der Waals surface area contributed by atoms with Gasteiger partial charge in [-0.3, -0.25) is 9.59 Å². The van der Waals surface area contributed by atoms with Crippen LogP contribution in [0.5, 0.6) is 11.5 Å². The van der Waals surface area contributed by atoms with Crippen LogP contribution in [-0.4, -0.2) is 29.7 Å². The van der Waals surface area contributed by atoms with E-state index in [1.54, 1.807) is 36.4 Å². The smallest absolute Gasteiger partial charge is 0.277 e. The molecule has 0 atom stereocenters. The van der Waals surface area contributed by atoms with Crippen LogP contribution in [0.25, 0.3) is 0 Å². The maximum absolute atomic E-state index is 11.6. The Labute approximate surface area is 139 Å². The Morgan fingerprint density at radius 3 is 2.42 bits per heavy atom.